The van der Waals surface area contributed by atoms with Crippen LogP contribution in [0.5, 0.6) is 5.75 Å². The van der Waals surface area contributed by atoms with Crippen LogP contribution >= 0.6 is 23.4 Å². The summed E-state index contributed by atoms with van der Waals surface area (Å²) in [6, 6.07) is 15.7. The SMILES string of the molecule is CCOc1ccc(-n2c(SCC(=O)N(C)C3CCCCC3)nnc2-c2ccccc2Cl)cc1. The third-order valence-electron chi connectivity index (χ3n) is 5.99. The van der Waals surface area contributed by atoms with E-state index >= 15 is 0 Å². The first-order chi connectivity index (χ1) is 16.1. The van der Waals surface area contributed by atoms with Crippen molar-refractivity contribution in [3.05, 3.63) is 53.6 Å². The lowest BCUT2D eigenvalue weighted by atomic mass is 9.94. The van der Waals surface area contributed by atoms with Crippen molar-refractivity contribution in [2.75, 3.05) is 19.4 Å². The molecule has 1 heterocycles. The van der Waals surface area contributed by atoms with Gasteiger partial charge in [0.25, 0.3) is 0 Å². The first-order valence-corrected chi connectivity index (χ1v) is 12.8. The van der Waals surface area contributed by atoms with Crippen LogP contribution in [0.1, 0.15) is 39.0 Å². The van der Waals surface area contributed by atoms with E-state index in [1.807, 2.05) is 72.0 Å². The molecule has 1 amide bonds. The van der Waals surface area contributed by atoms with Gasteiger partial charge in [-0.15, -0.1) is 10.2 Å². The summed E-state index contributed by atoms with van der Waals surface area (Å²) < 4.78 is 7.54. The lowest BCUT2D eigenvalue weighted by Gasteiger charge is -2.31. The molecule has 0 atom stereocenters. The van der Waals surface area contributed by atoms with E-state index in [1.54, 1.807) is 0 Å². The highest BCUT2D eigenvalue weighted by molar-refractivity contribution is 7.99. The molecule has 2 aromatic carbocycles. The molecule has 0 spiro atoms. The van der Waals surface area contributed by atoms with Crippen LogP contribution in [-0.2, 0) is 4.79 Å². The zero-order valence-electron chi connectivity index (χ0n) is 19.0. The average molecular weight is 485 g/mol. The summed E-state index contributed by atoms with van der Waals surface area (Å²) >= 11 is 7.88. The van der Waals surface area contributed by atoms with E-state index < -0.39 is 0 Å². The van der Waals surface area contributed by atoms with Crippen LogP contribution < -0.4 is 4.74 Å². The molecule has 0 saturated heterocycles. The molecule has 0 aliphatic heterocycles. The summed E-state index contributed by atoms with van der Waals surface area (Å²) in [5.41, 5.74) is 1.67. The monoisotopic (exact) mass is 484 g/mol. The summed E-state index contributed by atoms with van der Waals surface area (Å²) in [7, 11) is 1.92. The zero-order valence-corrected chi connectivity index (χ0v) is 20.6. The fourth-order valence-corrected chi connectivity index (χ4v) is 5.27. The van der Waals surface area contributed by atoms with E-state index in [-0.39, 0.29) is 5.91 Å². The van der Waals surface area contributed by atoms with Crippen molar-refractivity contribution in [3.63, 3.8) is 0 Å². The van der Waals surface area contributed by atoms with Gasteiger partial charge in [0, 0.05) is 24.3 Å². The van der Waals surface area contributed by atoms with Gasteiger partial charge in [-0.1, -0.05) is 54.8 Å². The van der Waals surface area contributed by atoms with Gasteiger partial charge in [0.15, 0.2) is 11.0 Å². The molecule has 6 nitrogen and oxygen atoms in total. The molecule has 1 fully saturated rings. The second-order valence-electron chi connectivity index (χ2n) is 8.13. The number of amides is 1. The number of ether oxygens (including phenoxy) is 1. The molecule has 1 saturated carbocycles. The topological polar surface area (TPSA) is 60.2 Å². The van der Waals surface area contributed by atoms with Gasteiger partial charge in [0.05, 0.1) is 17.4 Å². The van der Waals surface area contributed by atoms with Gasteiger partial charge in [-0.25, -0.2) is 0 Å². The molecule has 4 rings (SSSR count). The Morgan fingerprint density at radius 3 is 2.55 bits per heavy atom. The number of carbonyl (C=O) groups is 1. The van der Waals surface area contributed by atoms with E-state index in [2.05, 4.69) is 10.2 Å². The fourth-order valence-electron chi connectivity index (χ4n) is 4.17. The van der Waals surface area contributed by atoms with Crippen molar-refractivity contribution in [3.8, 4) is 22.8 Å². The Kier molecular flexibility index (Phi) is 7.93. The third-order valence-corrected chi connectivity index (χ3v) is 7.24. The van der Waals surface area contributed by atoms with Crippen molar-refractivity contribution in [1.29, 1.82) is 0 Å². The maximum atomic E-state index is 12.9. The van der Waals surface area contributed by atoms with Crippen LogP contribution in [0.25, 0.3) is 17.1 Å². The minimum Gasteiger partial charge on any atom is -0.494 e. The van der Waals surface area contributed by atoms with E-state index in [0.717, 1.165) is 29.8 Å². The summed E-state index contributed by atoms with van der Waals surface area (Å²) in [5.74, 6) is 1.87. The Balaban J connectivity index is 1.61. The van der Waals surface area contributed by atoms with Crippen LogP contribution in [0.4, 0.5) is 0 Å². The van der Waals surface area contributed by atoms with E-state index in [0.29, 0.717) is 34.4 Å². The Labute approximate surface area is 204 Å². The fraction of sp³-hybridized carbons (Fsp3) is 0.400. The number of rotatable bonds is 8. The lowest BCUT2D eigenvalue weighted by molar-refractivity contribution is -0.129. The molecule has 0 N–H and O–H groups in total. The number of benzene rings is 2. The molecule has 0 bridgehead atoms. The highest BCUT2D eigenvalue weighted by Gasteiger charge is 2.24. The molecule has 0 unspecified atom stereocenters. The molecular formula is C25H29ClN4O2S. The Bertz CT molecular complexity index is 1080. The van der Waals surface area contributed by atoms with Crippen LogP contribution in [0.15, 0.2) is 53.7 Å². The predicted molar refractivity (Wildman–Crippen MR) is 133 cm³/mol. The second kappa shape index (κ2) is 11.1. The van der Waals surface area contributed by atoms with Gasteiger partial charge in [0.1, 0.15) is 5.75 Å². The van der Waals surface area contributed by atoms with Gasteiger partial charge in [-0.2, -0.15) is 0 Å². The lowest BCUT2D eigenvalue weighted by Crippen LogP contribution is -2.39. The smallest absolute Gasteiger partial charge is 0.233 e. The molecule has 1 aromatic heterocycles. The Hall–Kier alpha value is -2.51. The molecule has 174 valence electrons. The molecule has 0 radical (unpaired) electrons. The van der Waals surface area contributed by atoms with E-state index in [4.69, 9.17) is 16.3 Å². The van der Waals surface area contributed by atoms with E-state index in [9.17, 15) is 4.79 Å². The number of hydrogen-bond acceptors (Lipinski definition) is 5. The zero-order chi connectivity index (χ0) is 23.2. The summed E-state index contributed by atoms with van der Waals surface area (Å²) in [5, 5.41) is 10.1. The molecule has 8 heteroatoms. The van der Waals surface area contributed by atoms with Gasteiger partial charge in [0.2, 0.25) is 5.91 Å². The van der Waals surface area contributed by atoms with Gasteiger partial charge >= 0.3 is 0 Å². The first-order valence-electron chi connectivity index (χ1n) is 11.4. The summed E-state index contributed by atoms with van der Waals surface area (Å²) in [6.45, 7) is 2.56. The minimum absolute atomic E-state index is 0.118. The number of halogens is 1. The number of carbonyl (C=O) groups excluding carboxylic acids is 1. The Morgan fingerprint density at radius 1 is 1.12 bits per heavy atom. The number of nitrogens with zero attached hydrogens (tertiary/aromatic N) is 4. The highest BCUT2D eigenvalue weighted by Crippen LogP contribution is 2.33. The van der Waals surface area contributed by atoms with E-state index in [1.165, 1.54) is 31.0 Å². The third kappa shape index (κ3) is 5.53. The molecule has 33 heavy (non-hydrogen) atoms. The van der Waals surface area contributed by atoms with Crippen LogP contribution in [0.3, 0.4) is 0 Å². The average Bonchev–Trinajstić information content (AvgIpc) is 3.27. The summed E-state index contributed by atoms with van der Waals surface area (Å²) in [6.07, 6.45) is 5.84. The quantitative estimate of drug-likeness (QED) is 0.374. The summed E-state index contributed by atoms with van der Waals surface area (Å²) in [4.78, 5) is 14.8. The highest BCUT2D eigenvalue weighted by atomic mass is 35.5. The molecule has 3 aromatic rings. The largest absolute Gasteiger partial charge is 0.494 e. The first kappa shape index (κ1) is 23.6. The van der Waals surface area contributed by atoms with Crippen LogP contribution in [0.2, 0.25) is 5.02 Å². The van der Waals surface area contributed by atoms with Gasteiger partial charge in [-0.3, -0.25) is 9.36 Å². The van der Waals surface area contributed by atoms with Crippen molar-refractivity contribution < 1.29 is 9.53 Å². The van der Waals surface area contributed by atoms with Gasteiger partial charge in [-0.05, 0) is 56.2 Å². The molecular weight excluding hydrogens is 456 g/mol. The van der Waals surface area contributed by atoms with Crippen molar-refractivity contribution in [2.45, 2.75) is 50.2 Å². The van der Waals surface area contributed by atoms with Crippen LogP contribution in [0, 0.1) is 0 Å². The van der Waals surface area contributed by atoms with Crippen molar-refractivity contribution >= 4 is 29.3 Å². The Morgan fingerprint density at radius 2 is 1.85 bits per heavy atom. The normalized spacial score (nSPS) is 14.3. The van der Waals surface area contributed by atoms with Crippen LogP contribution in [-0.4, -0.2) is 51.0 Å². The molecule has 1 aliphatic rings. The molecule has 1 aliphatic carbocycles. The predicted octanol–water partition coefficient (Wildman–Crippen LogP) is 5.87. The number of hydrogen-bond donors (Lipinski definition) is 0. The number of thioether (sulfide) groups is 1. The maximum absolute atomic E-state index is 12.9. The van der Waals surface area contributed by atoms with Gasteiger partial charge < -0.3 is 9.64 Å². The van der Waals surface area contributed by atoms with Crippen molar-refractivity contribution in [2.24, 2.45) is 0 Å². The van der Waals surface area contributed by atoms with Crippen molar-refractivity contribution in [1.82, 2.24) is 19.7 Å². The number of aromatic nitrogens is 3. The second-order valence-corrected chi connectivity index (χ2v) is 9.48. The minimum atomic E-state index is 0.118. The maximum Gasteiger partial charge on any atom is 0.233 e. The standard InChI is InChI=1S/C25H29ClN4O2S/c1-3-32-20-15-13-19(14-16-20)30-24(21-11-7-8-12-22(21)26)27-28-25(30)33-17-23(31)29(2)18-9-5-4-6-10-18/h7-8,11-16,18H,3-6,9-10,17H2,1-2H3.